The van der Waals surface area contributed by atoms with Gasteiger partial charge < -0.3 is 10.0 Å². The molecule has 4 nitrogen and oxygen atoms in total. The summed E-state index contributed by atoms with van der Waals surface area (Å²) in [4.78, 5) is 18.8. The molecular weight excluding hydrogens is 351 g/mol. The average molecular weight is 369 g/mol. The summed E-state index contributed by atoms with van der Waals surface area (Å²) in [6.07, 6.45) is 2.30. The fourth-order valence-electron chi connectivity index (χ4n) is 3.26. The molecule has 0 aliphatic carbocycles. The molecule has 1 amide bonds. The second-order valence-electron chi connectivity index (χ2n) is 6.27. The Morgan fingerprint density at radius 2 is 2.33 bits per heavy atom. The molecule has 128 valence electrons. The highest BCUT2D eigenvalue weighted by atomic mass is 35.5. The van der Waals surface area contributed by atoms with E-state index in [9.17, 15) is 9.18 Å². The normalized spacial score (nSPS) is 20.6. The van der Waals surface area contributed by atoms with E-state index < -0.39 is 5.82 Å². The summed E-state index contributed by atoms with van der Waals surface area (Å²) < 4.78 is 13.7. The van der Waals surface area contributed by atoms with Crippen LogP contribution in [-0.4, -0.2) is 33.0 Å². The number of benzene rings is 1. The van der Waals surface area contributed by atoms with Crippen molar-refractivity contribution in [2.75, 3.05) is 6.54 Å². The highest BCUT2D eigenvalue weighted by molar-refractivity contribution is 7.09. The summed E-state index contributed by atoms with van der Waals surface area (Å²) in [7, 11) is 0. The van der Waals surface area contributed by atoms with Gasteiger partial charge in [-0.2, -0.15) is 0 Å². The Hall–Kier alpha value is -1.50. The number of carbonyl (C=O) groups is 1. The first-order valence-electron chi connectivity index (χ1n) is 7.74. The van der Waals surface area contributed by atoms with Crippen LogP contribution in [0, 0.1) is 5.82 Å². The first kappa shape index (κ1) is 17.3. The van der Waals surface area contributed by atoms with E-state index in [4.69, 9.17) is 16.7 Å². The standard InChI is InChI=1S/C17H18ClFN2O2S/c1-17(8-11-3-4-12(18)13(19)7-11)5-2-6-21(17)16(23)14-10-24-15(9-22)20-14/h3-4,7,10,22H,2,5-6,8-9H2,1H3. The fraction of sp³-hybridized carbons (Fsp3) is 0.412. The summed E-state index contributed by atoms with van der Waals surface area (Å²) >= 11 is 7.01. The minimum Gasteiger partial charge on any atom is -0.389 e. The van der Waals surface area contributed by atoms with Crippen molar-refractivity contribution in [2.24, 2.45) is 0 Å². The maximum Gasteiger partial charge on any atom is 0.273 e. The van der Waals surface area contributed by atoms with Gasteiger partial charge in [-0.1, -0.05) is 17.7 Å². The van der Waals surface area contributed by atoms with E-state index >= 15 is 0 Å². The summed E-state index contributed by atoms with van der Waals surface area (Å²) in [5, 5.41) is 11.4. The van der Waals surface area contributed by atoms with Crippen LogP contribution < -0.4 is 0 Å². The van der Waals surface area contributed by atoms with Crippen molar-refractivity contribution in [1.29, 1.82) is 0 Å². The lowest BCUT2D eigenvalue weighted by Gasteiger charge is -2.35. The van der Waals surface area contributed by atoms with Crippen molar-refractivity contribution in [1.82, 2.24) is 9.88 Å². The van der Waals surface area contributed by atoms with Crippen molar-refractivity contribution < 1.29 is 14.3 Å². The van der Waals surface area contributed by atoms with Gasteiger partial charge in [0.15, 0.2) is 0 Å². The highest BCUT2D eigenvalue weighted by Crippen LogP contribution is 2.34. The van der Waals surface area contributed by atoms with Gasteiger partial charge in [-0.3, -0.25) is 4.79 Å². The number of hydrogen-bond acceptors (Lipinski definition) is 4. The van der Waals surface area contributed by atoms with Gasteiger partial charge >= 0.3 is 0 Å². The van der Waals surface area contributed by atoms with Crippen molar-refractivity contribution in [2.45, 2.75) is 38.3 Å². The number of aliphatic hydroxyl groups excluding tert-OH is 1. The Morgan fingerprint density at radius 3 is 3.00 bits per heavy atom. The number of aromatic nitrogens is 1. The number of amides is 1. The smallest absolute Gasteiger partial charge is 0.273 e. The van der Waals surface area contributed by atoms with Gasteiger partial charge in [0.25, 0.3) is 5.91 Å². The second kappa shape index (κ2) is 6.78. The molecule has 1 aliphatic heterocycles. The molecule has 0 saturated carbocycles. The van der Waals surface area contributed by atoms with Crippen LogP contribution in [0.15, 0.2) is 23.6 Å². The second-order valence-corrected chi connectivity index (χ2v) is 7.62. The molecule has 1 aromatic carbocycles. The van der Waals surface area contributed by atoms with Gasteiger partial charge in [0.1, 0.15) is 16.5 Å². The van der Waals surface area contributed by atoms with Crippen LogP contribution in [-0.2, 0) is 13.0 Å². The predicted octanol–water partition coefficient (Wildman–Crippen LogP) is 3.67. The predicted molar refractivity (Wildman–Crippen MR) is 91.8 cm³/mol. The summed E-state index contributed by atoms with van der Waals surface area (Å²) in [6, 6.07) is 4.77. The zero-order valence-electron chi connectivity index (χ0n) is 13.3. The molecule has 0 bridgehead atoms. The van der Waals surface area contributed by atoms with Crippen LogP contribution in [0.5, 0.6) is 0 Å². The van der Waals surface area contributed by atoms with Gasteiger partial charge in [0.05, 0.1) is 11.6 Å². The quantitative estimate of drug-likeness (QED) is 0.895. The number of likely N-dealkylation sites (tertiary alicyclic amines) is 1. The van der Waals surface area contributed by atoms with E-state index in [1.54, 1.807) is 17.5 Å². The number of hydrogen-bond donors (Lipinski definition) is 1. The summed E-state index contributed by atoms with van der Waals surface area (Å²) in [5.41, 5.74) is 0.785. The third-order valence-corrected chi connectivity index (χ3v) is 5.61. The number of aliphatic hydroxyl groups is 1. The highest BCUT2D eigenvalue weighted by Gasteiger charge is 2.40. The number of thiazole rings is 1. The van der Waals surface area contributed by atoms with Crippen LogP contribution in [0.25, 0.3) is 0 Å². The molecule has 0 spiro atoms. The summed E-state index contributed by atoms with van der Waals surface area (Å²) in [5.74, 6) is -0.582. The van der Waals surface area contributed by atoms with Crippen LogP contribution in [0.1, 0.15) is 40.8 Å². The molecule has 0 radical (unpaired) electrons. The van der Waals surface area contributed by atoms with Crippen molar-refractivity contribution in [3.8, 4) is 0 Å². The number of carbonyl (C=O) groups excluding carboxylic acids is 1. The Balaban J connectivity index is 1.82. The van der Waals surface area contributed by atoms with E-state index in [0.29, 0.717) is 23.7 Å². The van der Waals surface area contributed by atoms with Crippen LogP contribution in [0.3, 0.4) is 0 Å². The number of nitrogens with zero attached hydrogens (tertiary/aromatic N) is 2. The first-order valence-corrected chi connectivity index (χ1v) is 9.00. The van der Waals surface area contributed by atoms with E-state index in [1.807, 2.05) is 11.8 Å². The monoisotopic (exact) mass is 368 g/mol. The van der Waals surface area contributed by atoms with Crippen LogP contribution in [0.2, 0.25) is 5.02 Å². The molecule has 1 atom stereocenters. The zero-order valence-corrected chi connectivity index (χ0v) is 14.8. The van der Waals surface area contributed by atoms with Gasteiger partial charge in [-0.25, -0.2) is 9.37 Å². The Kier molecular flexibility index (Phi) is 4.90. The Morgan fingerprint density at radius 1 is 1.54 bits per heavy atom. The first-order chi connectivity index (χ1) is 11.4. The molecule has 1 saturated heterocycles. The van der Waals surface area contributed by atoms with E-state index in [-0.39, 0.29) is 23.1 Å². The molecule has 24 heavy (non-hydrogen) atoms. The average Bonchev–Trinajstić information content (AvgIpc) is 3.17. The molecule has 2 heterocycles. The topological polar surface area (TPSA) is 53.4 Å². The molecule has 7 heteroatoms. The number of halogens is 2. The zero-order chi connectivity index (χ0) is 17.3. The maximum absolute atomic E-state index is 13.7. The summed E-state index contributed by atoms with van der Waals surface area (Å²) in [6.45, 7) is 2.50. The molecule has 1 N–H and O–H groups in total. The largest absolute Gasteiger partial charge is 0.389 e. The van der Waals surface area contributed by atoms with Crippen molar-refractivity contribution in [3.63, 3.8) is 0 Å². The molecule has 1 aromatic heterocycles. The molecule has 2 aromatic rings. The molecule has 1 fully saturated rings. The van der Waals surface area contributed by atoms with Gasteiger partial charge in [-0.15, -0.1) is 11.3 Å². The van der Waals surface area contributed by atoms with E-state index in [2.05, 4.69) is 4.98 Å². The van der Waals surface area contributed by atoms with Crippen LogP contribution >= 0.6 is 22.9 Å². The lowest BCUT2D eigenvalue weighted by molar-refractivity contribution is 0.0618. The van der Waals surface area contributed by atoms with Gasteiger partial charge in [-0.05, 0) is 43.9 Å². The molecule has 1 unspecified atom stereocenters. The minimum absolute atomic E-state index is 0.0993. The van der Waals surface area contributed by atoms with Crippen molar-refractivity contribution in [3.05, 3.63) is 50.7 Å². The Labute approximate surface area is 148 Å². The lowest BCUT2D eigenvalue weighted by atomic mass is 9.90. The van der Waals surface area contributed by atoms with Gasteiger partial charge in [0, 0.05) is 17.5 Å². The maximum atomic E-state index is 13.7. The number of rotatable bonds is 4. The van der Waals surface area contributed by atoms with E-state index in [1.165, 1.54) is 17.4 Å². The van der Waals surface area contributed by atoms with Crippen LogP contribution in [0.4, 0.5) is 4.39 Å². The third kappa shape index (κ3) is 3.31. The minimum atomic E-state index is -0.444. The molecule has 3 rings (SSSR count). The SMILES string of the molecule is CC1(Cc2ccc(Cl)c(F)c2)CCCN1C(=O)c1csc(CO)n1. The lowest BCUT2D eigenvalue weighted by Crippen LogP contribution is -2.46. The van der Waals surface area contributed by atoms with Gasteiger partial charge in [0.2, 0.25) is 0 Å². The molecule has 1 aliphatic rings. The Bertz CT molecular complexity index is 767. The third-order valence-electron chi connectivity index (χ3n) is 4.47. The molecular formula is C17H18ClFN2O2S. The van der Waals surface area contributed by atoms with Crippen molar-refractivity contribution >= 4 is 28.8 Å². The fourth-order valence-corrected chi connectivity index (χ4v) is 4.01. The van der Waals surface area contributed by atoms with E-state index in [0.717, 1.165) is 18.4 Å².